The highest BCUT2D eigenvalue weighted by Crippen LogP contribution is 2.34. The fraction of sp³-hybridized carbons (Fsp3) is 0.500. The molecular weight excluding hydrogens is 257 g/mol. The van der Waals surface area contributed by atoms with Gasteiger partial charge in [0.1, 0.15) is 5.82 Å². The Morgan fingerprint density at radius 2 is 2.00 bits per heavy atom. The van der Waals surface area contributed by atoms with Gasteiger partial charge in [-0.25, -0.2) is 0 Å². The second kappa shape index (κ2) is 4.19. The predicted molar refractivity (Wildman–Crippen MR) is 62.6 cm³/mol. The average Bonchev–Trinajstić information content (AvgIpc) is 2.92. The van der Waals surface area contributed by atoms with E-state index in [0.29, 0.717) is 11.5 Å². The molecule has 0 aromatic carbocycles. The Bertz CT molecular complexity index is 605. The van der Waals surface area contributed by atoms with Crippen LogP contribution in [0.5, 0.6) is 0 Å². The van der Waals surface area contributed by atoms with Crippen molar-refractivity contribution in [2.24, 2.45) is 5.73 Å². The van der Waals surface area contributed by atoms with Crippen LogP contribution in [0.2, 0.25) is 0 Å². The van der Waals surface area contributed by atoms with E-state index >= 15 is 0 Å². The third-order valence-electron chi connectivity index (χ3n) is 3.59. The van der Waals surface area contributed by atoms with Crippen molar-refractivity contribution in [2.75, 3.05) is 0 Å². The number of nitrogens with two attached hydrogens (primary N) is 1. The van der Waals surface area contributed by atoms with Crippen molar-refractivity contribution >= 4 is 5.65 Å². The van der Waals surface area contributed by atoms with Crippen LogP contribution in [0.25, 0.3) is 5.65 Å². The summed E-state index contributed by atoms with van der Waals surface area (Å²) in [5, 5.41) is 7.94. The van der Waals surface area contributed by atoms with Crippen LogP contribution in [0.1, 0.15) is 36.6 Å². The summed E-state index contributed by atoms with van der Waals surface area (Å²) in [7, 11) is 0. The Kier molecular flexibility index (Phi) is 2.74. The third kappa shape index (κ3) is 2.18. The minimum atomic E-state index is -4.36. The highest BCUT2D eigenvalue weighted by atomic mass is 19.4. The molecule has 4 nitrogen and oxygen atoms in total. The molecule has 7 heteroatoms. The fourth-order valence-electron chi connectivity index (χ4n) is 2.61. The molecule has 102 valence electrons. The number of fused-ring (bicyclic) bond motifs is 1. The molecule has 1 saturated carbocycles. The van der Waals surface area contributed by atoms with Gasteiger partial charge in [-0.05, 0) is 31.4 Å². The molecule has 2 aromatic rings. The standard InChI is InChI=1S/C12H13F3N4/c13-12(14,15)8-2-4-10-17-18-11(19(10)6-8)7-1-3-9(16)5-7/h2,4,6-7,9H,1,3,5,16H2. The van der Waals surface area contributed by atoms with E-state index < -0.39 is 11.7 Å². The Hall–Kier alpha value is -1.63. The van der Waals surface area contributed by atoms with Crippen molar-refractivity contribution < 1.29 is 13.2 Å². The largest absolute Gasteiger partial charge is 0.417 e. The second-order valence-electron chi connectivity index (χ2n) is 4.97. The lowest BCUT2D eigenvalue weighted by molar-refractivity contribution is -0.137. The molecule has 0 bridgehead atoms. The smallest absolute Gasteiger partial charge is 0.328 e. The second-order valence-corrected chi connectivity index (χ2v) is 4.97. The van der Waals surface area contributed by atoms with Gasteiger partial charge in [0.25, 0.3) is 0 Å². The van der Waals surface area contributed by atoms with Crippen molar-refractivity contribution in [3.63, 3.8) is 0 Å². The Morgan fingerprint density at radius 1 is 1.21 bits per heavy atom. The molecular formula is C12H13F3N4. The molecule has 0 aliphatic heterocycles. The summed E-state index contributed by atoms with van der Waals surface area (Å²) >= 11 is 0. The van der Waals surface area contributed by atoms with E-state index in [0.717, 1.165) is 31.5 Å². The number of hydrogen-bond acceptors (Lipinski definition) is 3. The van der Waals surface area contributed by atoms with Gasteiger partial charge in [0.05, 0.1) is 5.56 Å². The van der Waals surface area contributed by atoms with Crippen LogP contribution in [0, 0.1) is 0 Å². The minimum Gasteiger partial charge on any atom is -0.328 e. The first-order chi connectivity index (χ1) is 8.95. The maximum Gasteiger partial charge on any atom is 0.417 e. The zero-order chi connectivity index (χ0) is 13.6. The highest BCUT2D eigenvalue weighted by molar-refractivity contribution is 5.40. The number of pyridine rings is 1. The molecule has 3 rings (SSSR count). The number of alkyl halides is 3. The monoisotopic (exact) mass is 270 g/mol. The summed E-state index contributed by atoms with van der Waals surface area (Å²) in [5.41, 5.74) is 5.58. The molecule has 0 saturated heterocycles. The number of aromatic nitrogens is 3. The van der Waals surface area contributed by atoms with Gasteiger partial charge < -0.3 is 5.73 Å². The van der Waals surface area contributed by atoms with Crippen molar-refractivity contribution in [1.29, 1.82) is 0 Å². The third-order valence-corrected chi connectivity index (χ3v) is 3.59. The fourth-order valence-corrected chi connectivity index (χ4v) is 2.61. The number of nitrogens with zero attached hydrogens (tertiary/aromatic N) is 3. The molecule has 0 spiro atoms. The summed E-state index contributed by atoms with van der Waals surface area (Å²) < 4.78 is 39.6. The van der Waals surface area contributed by atoms with Gasteiger partial charge in [0.15, 0.2) is 5.65 Å². The van der Waals surface area contributed by atoms with Crippen molar-refractivity contribution in [3.8, 4) is 0 Å². The van der Waals surface area contributed by atoms with Crippen LogP contribution in [-0.2, 0) is 6.18 Å². The molecule has 2 unspecified atom stereocenters. The molecule has 1 aliphatic rings. The van der Waals surface area contributed by atoms with Gasteiger partial charge in [0.2, 0.25) is 0 Å². The molecule has 2 aromatic heterocycles. The maximum atomic E-state index is 12.7. The number of rotatable bonds is 1. The van der Waals surface area contributed by atoms with Crippen LogP contribution >= 0.6 is 0 Å². The van der Waals surface area contributed by atoms with E-state index in [1.165, 1.54) is 10.5 Å². The van der Waals surface area contributed by atoms with Crippen LogP contribution < -0.4 is 5.73 Å². The Labute approximate surface area is 107 Å². The van der Waals surface area contributed by atoms with E-state index in [1.807, 2.05) is 0 Å². The molecule has 2 atom stereocenters. The normalized spacial score (nSPS) is 24.2. The van der Waals surface area contributed by atoms with Gasteiger partial charge in [0, 0.05) is 18.2 Å². The molecule has 19 heavy (non-hydrogen) atoms. The molecule has 2 heterocycles. The van der Waals surface area contributed by atoms with Gasteiger partial charge >= 0.3 is 6.18 Å². The first-order valence-electron chi connectivity index (χ1n) is 6.12. The molecule has 0 amide bonds. The van der Waals surface area contributed by atoms with Gasteiger partial charge in [-0.15, -0.1) is 10.2 Å². The van der Waals surface area contributed by atoms with E-state index in [9.17, 15) is 13.2 Å². The first kappa shape index (κ1) is 12.4. The Balaban J connectivity index is 2.06. The van der Waals surface area contributed by atoms with Crippen molar-refractivity contribution in [1.82, 2.24) is 14.6 Å². The minimum absolute atomic E-state index is 0.0912. The van der Waals surface area contributed by atoms with E-state index in [2.05, 4.69) is 10.2 Å². The predicted octanol–water partition coefficient (Wildman–Crippen LogP) is 2.34. The molecule has 0 radical (unpaired) electrons. The summed E-state index contributed by atoms with van der Waals surface area (Å²) in [5.74, 6) is 0.669. The zero-order valence-corrected chi connectivity index (χ0v) is 10.1. The quantitative estimate of drug-likeness (QED) is 0.865. The number of hydrogen-bond donors (Lipinski definition) is 1. The van der Waals surface area contributed by atoms with Crippen molar-refractivity contribution in [3.05, 3.63) is 29.7 Å². The number of halogens is 3. The molecule has 1 aliphatic carbocycles. The maximum absolute atomic E-state index is 12.7. The molecule has 2 N–H and O–H groups in total. The SMILES string of the molecule is NC1CCC(c2nnc3ccc(C(F)(F)F)cn23)C1. The highest BCUT2D eigenvalue weighted by Gasteiger charge is 2.32. The van der Waals surface area contributed by atoms with Crippen LogP contribution in [0.3, 0.4) is 0 Å². The lowest BCUT2D eigenvalue weighted by atomic mass is 10.1. The van der Waals surface area contributed by atoms with Crippen LogP contribution in [0.4, 0.5) is 13.2 Å². The van der Waals surface area contributed by atoms with Gasteiger partial charge in [-0.1, -0.05) is 0 Å². The van der Waals surface area contributed by atoms with E-state index in [1.54, 1.807) is 0 Å². The van der Waals surface area contributed by atoms with Crippen LogP contribution in [-0.4, -0.2) is 20.6 Å². The first-order valence-corrected chi connectivity index (χ1v) is 6.12. The van der Waals surface area contributed by atoms with Gasteiger partial charge in [-0.3, -0.25) is 4.40 Å². The topological polar surface area (TPSA) is 56.2 Å². The zero-order valence-electron chi connectivity index (χ0n) is 10.1. The summed E-state index contributed by atoms with van der Waals surface area (Å²) in [6.07, 6.45) is -0.829. The van der Waals surface area contributed by atoms with Crippen LogP contribution in [0.15, 0.2) is 18.3 Å². The summed E-state index contributed by atoms with van der Waals surface area (Å²) in [6, 6.07) is 2.46. The Morgan fingerprint density at radius 3 is 2.63 bits per heavy atom. The average molecular weight is 270 g/mol. The van der Waals surface area contributed by atoms with E-state index in [4.69, 9.17) is 5.73 Å². The van der Waals surface area contributed by atoms with E-state index in [-0.39, 0.29) is 12.0 Å². The molecule has 1 fully saturated rings. The summed E-state index contributed by atoms with van der Waals surface area (Å²) in [4.78, 5) is 0. The lowest BCUT2D eigenvalue weighted by Gasteiger charge is -2.10. The summed E-state index contributed by atoms with van der Waals surface area (Å²) in [6.45, 7) is 0. The van der Waals surface area contributed by atoms with Gasteiger partial charge in [-0.2, -0.15) is 13.2 Å². The van der Waals surface area contributed by atoms with Crippen molar-refractivity contribution in [2.45, 2.75) is 37.4 Å². The lowest BCUT2D eigenvalue weighted by Crippen LogP contribution is -2.15.